The zero-order valence-corrected chi connectivity index (χ0v) is 32.5. The van der Waals surface area contributed by atoms with Crippen molar-refractivity contribution in [2.45, 2.75) is 193 Å². The predicted molar refractivity (Wildman–Crippen MR) is 201 cm³/mol. The fraction of sp³-hybridized carbons (Fsp3) is 0.897. The van der Waals surface area contributed by atoms with E-state index in [2.05, 4.69) is 26.0 Å². The summed E-state index contributed by atoms with van der Waals surface area (Å²) < 4.78 is 27.0. The van der Waals surface area contributed by atoms with Crippen LogP contribution in [-0.4, -0.2) is 54.2 Å². The Morgan fingerprint density at radius 3 is 1.61 bits per heavy atom. The molecular weight excluding hydrogens is 641 g/mol. The second-order valence-electron chi connectivity index (χ2n) is 13.7. The van der Waals surface area contributed by atoms with Crippen LogP contribution < -0.4 is 5.73 Å². The quantitative estimate of drug-likeness (QED) is 0.0187. The van der Waals surface area contributed by atoms with E-state index in [1.54, 1.807) is 0 Å². The van der Waals surface area contributed by atoms with Gasteiger partial charge in [0.2, 0.25) is 0 Å². The minimum atomic E-state index is -4.47. The number of aliphatic hydroxyl groups excluding tert-OH is 1. The number of hydrogen-bond acceptors (Lipinski definition) is 8. The zero-order chi connectivity index (χ0) is 36.3. The number of phosphoric ester groups is 1. The minimum Gasteiger partial charge on any atom is -0.462 e. The van der Waals surface area contributed by atoms with E-state index in [1.807, 2.05) is 0 Å². The van der Waals surface area contributed by atoms with Crippen molar-refractivity contribution in [2.24, 2.45) is 11.7 Å². The Kier molecular flexibility index (Phi) is 34.5. The molecule has 0 aliphatic rings. The average Bonchev–Trinajstić information content (AvgIpc) is 3.09. The third-order valence-electron chi connectivity index (χ3n) is 8.97. The highest BCUT2D eigenvalue weighted by molar-refractivity contribution is 7.47. The van der Waals surface area contributed by atoms with E-state index in [0.717, 1.165) is 57.8 Å². The highest BCUT2D eigenvalue weighted by Crippen LogP contribution is 2.44. The van der Waals surface area contributed by atoms with E-state index in [0.29, 0.717) is 12.8 Å². The molecule has 0 spiro atoms. The lowest BCUT2D eigenvalue weighted by molar-refractivity contribution is -0.155. The van der Waals surface area contributed by atoms with Crippen molar-refractivity contribution in [1.82, 2.24) is 0 Å². The highest BCUT2D eigenvalue weighted by Gasteiger charge is 2.30. The molecule has 0 saturated carbocycles. The van der Waals surface area contributed by atoms with Crippen molar-refractivity contribution in [1.29, 1.82) is 0 Å². The molecule has 0 aromatic heterocycles. The summed E-state index contributed by atoms with van der Waals surface area (Å²) in [5, 5.41) is 9.61. The maximum Gasteiger partial charge on any atom is 0.472 e. The number of allylic oxidation sites excluding steroid dienone is 2. The van der Waals surface area contributed by atoms with Crippen LogP contribution in [0.5, 0.6) is 0 Å². The van der Waals surface area contributed by atoms with Crippen LogP contribution in [0.4, 0.5) is 0 Å². The second kappa shape index (κ2) is 35.3. The summed E-state index contributed by atoms with van der Waals surface area (Å²) in [6, 6.07) is 0. The molecule has 0 aromatic carbocycles. The molecule has 4 N–H and O–H groups in total. The maximum atomic E-state index is 13.2. The van der Waals surface area contributed by atoms with E-state index in [1.165, 1.54) is 103 Å². The van der Waals surface area contributed by atoms with Gasteiger partial charge in [0, 0.05) is 13.0 Å². The van der Waals surface area contributed by atoms with Gasteiger partial charge in [-0.2, -0.15) is 0 Å². The van der Waals surface area contributed by atoms with Crippen LogP contribution in [0.15, 0.2) is 12.2 Å². The number of unbranched alkanes of at least 4 members (excludes halogenated alkanes) is 22. The van der Waals surface area contributed by atoms with Crippen molar-refractivity contribution in [3.63, 3.8) is 0 Å². The number of rotatable bonds is 38. The van der Waals surface area contributed by atoms with E-state index in [-0.39, 0.29) is 18.9 Å². The number of phosphoric acid groups is 1. The smallest absolute Gasteiger partial charge is 0.462 e. The summed E-state index contributed by atoms with van der Waals surface area (Å²) >= 11 is 0. The summed E-state index contributed by atoms with van der Waals surface area (Å²) in [7, 11) is -4.47. The monoisotopic (exact) mass is 718 g/mol. The minimum absolute atomic E-state index is 0.0195. The molecule has 0 radical (unpaired) electrons. The molecule has 0 heterocycles. The van der Waals surface area contributed by atoms with Crippen molar-refractivity contribution < 1.29 is 37.9 Å². The summed E-state index contributed by atoms with van der Waals surface area (Å²) in [5.41, 5.74) is 5.30. The summed E-state index contributed by atoms with van der Waals surface area (Å²) in [6.45, 7) is 3.19. The van der Waals surface area contributed by atoms with Crippen LogP contribution in [-0.2, 0) is 27.9 Å². The molecule has 10 heteroatoms. The molecule has 49 heavy (non-hydrogen) atoms. The lowest BCUT2D eigenvalue weighted by Crippen LogP contribution is -2.31. The maximum absolute atomic E-state index is 13.2. The van der Waals surface area contributed by atoms with Crippen molar-refractivity contribution >= 4 is 19.6 Å². The van der Waals surface area contributed by atoms with Crippen LogP contribution in [0.1, 0.15) is 187 Å². The van der Waals surface area contributed by atoms with Gasteiger partial charge in [0.1, 0.15) is 24.4 Å². The van der Waals surface area contributed by atoms with E-state index < -0.39 is 39.0 Å². The molecule has 0 aromatic rings. The largest absolute Gasteiger partial charge is 0.472 e. The van der Waals surface area contributed by atoms with Crippen molar-refractivity contribution in [2.75, 3.05) is 26.4 Å². The number of esters is 1. The van der Waals surface area contributed by atoms with Gasteiger partial charge < -0.3 is 20.5 Å². The number of carbonyl (C=O) groups is 2. The summed E-state index contributed by atoms with van der Waals surface area (Å²) in [4.78, 5) is 36.1. The average molecular weight is 718 g/mol. The molecule has 0 saturated heterocycles. The number of ether oxygens (including phenoxy) is 1. The first-order chi connectivity index (χ1) is 23.8. The van der Waals surface area contributed by atoms with E-state index in [9.17, 15) is 24.2 Å². The molecule has 0 aliphatic heterocycles. The van der Waals surface area contributed by atoms with Crippen molar-refractivity contribution in [3.8, 4) is 0 Å². The summed E-state index contributed by atoms with van der Waals surface area (Å²) in [5.74, 6) is -1.68. The Morgan fingerprint density at radius 1 is 0.694 bits per heavy atom. The van der Waals surface area contributed by atoms with Crippen LogP contribution >= 0.6 is 7.82 Å². The normalized spacial score (nSPS) is 14.2. The fourth-order valence-corrected chi connectivity index (χ4v) is 6.82. The van der Waals surface area contributed by atoms with Gasteiger partial charge in [-0.25, -0.2) is 4.57 Å². The third kappa shape index (κ3) is 31.4. The van der Waals surface area contributed by atoms with Crippen molar-refractivity contribution in [3.05, 3.63) is 12.2 Å². The van der Waals surface area contributed by atoms with E-state index >= 15 is 0 Å². The lowest BCUT2D eigenvalue weighted by atomic mass is 9.93. The SMILES string of the molecule is CCCCCCCC/C=C\CCCCCCC(C(=O)CCCCCCCCCCCCCCC)C(=O)OC[C@H](CO)OP(=O)(O)OCCN. The van der Waals surface area contributed by atoms with Gasteiger partial charge in [-0.05, 0) is 38.5 Å². The summed E-state index contributed by atoms with van der Waals surface area (Å²) in [6.07, 6.45) is 33.7. The van der Waals surface area contributed by atoms with Gasteiger partial charge in [0.05, 0.1) is 13.2 Å². The number of carbonyl (C=O) groups excluding carboxylic acids is 2. The number of nitrogens with two attached hydrogens (primary N) is 1. The molecule has 0 bridgehead atoms. The Morgan fingerprint density at radius 2 is 1.14 bits per heavy atom. The van der Waals surface area contributed by atoms with Crippen LogP contribution in [0.2, 0.25) is 0 Å². The number of Topliss-reactive ketones (excluding diaryl/α,β-unsaturated/α-hetero) is 1. The Labute approximate surface area is 300 Å². The standard InChI is InChI=1S/C39H76NO8P/c1-3-5-7-9-11-13-15-17-19-20-22-24-26-28-30-37(39(43)46-35-36(34-41)48-49(44,45)47-33-32-40)38(42)31-29-27-25-23-21-18-16-14-12-10-8-6-4-2/h17,19,36-37,41H,3-16,18,20-35,40H2,1-2H3,(H,44,45)/b19-17-/t36-,37?/m0/s1. The van der Waals surface area contributed by atoms with Gasteiger partial charge in [0.25, 0.3) is 0 Å². The van der Waals surface area contributed by atoms with Crippen LogP contribution in [0.3, 0.4) is 0 Å². The van der Waals surface area contributed by atoms with Crippen LogP contribution in [0.25, 0.3) is 0 Å². The third-order valence-corrected chi connectivity index (χ3v) is 10.0. The van der Waals surface area contributed by atoms with E-state index in [4.69, 9.17) is 19.5 Å². The molecule has 0 fully saturated rings. The second-order valence-corrected chi connectivity index (χ2v) is 15.1. The molecular formula is C39H76NO8P. The topological polar surface area (TPSA) is 145 Å². The molecule has 2 unspecified atom stereocenters. The Bertz CT molecular complexity index is 840. The first kappa shape index (κ1) is 47.9. The molecule has 0 amide bonds. The predicted octanol–water partition coefficient (Wildman–Crippen LogP) is 10.3. The van der Waals surface area contributed by atoms with Gasteiger partial charge in [0.15, 0.2) is 0 Å². The van der Waals surface area contributed by atoms with Crippen LogP contribution in [0, 0.1) is 5.92 Å². The number of aliphatic hydroxyl groups is 1. The zero-order valence-electron chi connectivity index (χ0n) is 31.6. The first-order valence-electron chi connectivity index (χ1n) is 20.1. The molecule has 290 valence electrons. The van der Waals surface area contributed by atoms with Gasteiger partial charge >= 0.3 is 13.8 Å². The number of ketones is 1. The fourth-order valence-electron chi connectivity index (χ4n) is 5.92. The van der Waals surface area contributed by atoms with Gasteiger partial charge in [-0.15, -0.1) is 0 Å². The Hall–Kier alpha value is -1.09. The molecule has 3 atom stereocenters. The number of hydrogen-bond donors (Lipinski definition) is 3. The molecule has 0 rings (SSSR count). The molecule has 0 aliphatic carbocycles. The Balaban J connectivity index is 4.59. The molecule has 9 nitrogen and oxygen atoms in total. The lowest BCUT2D eigenvalue weighted by Gasteiger charge is -2.20. The highest BCUT2D eigenvalue weighted by atomic mass is 31.2. The van der Waals surface area contributed by atoms with Gasteiger partial charge in [-0.1, -0.05) is 154 Å². The van der Waals surface area contributed by atoms with Gasteiger partial charge in [-0.3, -0.25) is 18.6 Å². The first-order valence-corrected chi connectivity index (χ1v) is 21.6.